The van der Waals surface area contributed by atoms with E-state index < -0.39 is 0 Å². The Morgan fingerprint density at radius 2 is 2.21 bits per heavy atom. The van der Waals surface area contributed by atoms with Crippen LogP contribution in [0.2, 0.25) is 0 Å². The van der Waals surface area contributed by atoms with E-state index in [0.717, 1.165) is 16.5 Å². The van der Waals surface area contributed by atoms with Gasteiger partial charge in [-0.05, 0) is 11.5 Å². The minimum atomic E-state index is 0.0475. The van der Waals surface area contributed by atoms with Crippen LogP contribution in [-0.4, -0.2) is 9.67 Å². The Morgan fingerprint density at radius 3 is 2.93 bits per heavy atom. The van der Waals surface area contributed by atoms with Crippen LogP contribution in [0.1, 0.15) is 5.56 Å². The standard InChI is InChI=1S/C12H11NO/c1-2-7-13-8-6-10-4-3-5-11(9-14)12(10)13/h1,3-6,8,14H,7,9H2. The molecule has 0 aliphatic carbocycles. The molecule has 0 spiro atoms. The molecule has 0 amide bonds. The summed E-state index contributed by atoms with van der Waals surface area (Å²) in [5.41, 5.74) is 1.95. The molecule has 0 bridgehead atoms. The maximum atomic E-state index is 9.18. The van der Waals surface area contributed by atoms with E-state index in [4.69, 9.17) is 6.42 Å². The highest BCUT2D eigenvalue weighted by Gasteiger charge is 2.04. The van der Waals surface area contributed by atoms with Gasteiger partial charge in [0.15, 0.2) is 0 Å². The molecule has 1 aromatic carbocycles. The fourth-order valence-electron chi connectivity index (χ4n) is 1.70. The Hall–Kier alpha value is -1.72. The van der Waals surface area contributed by atoms with E-state index in [1.807, 2.05) is 35.0 Å². The Labute approximate surface area is 82.8 Å². The summed E-state index contributed by atoms with van der Waals surface area (Å²) in [6, 6.07) is 7.87. The van der Waals surface area contributed by atoms with E-state index in [0.29, 0.717) is 6.54 Å². The van der Waals surface area contributed by atoms with Gasteiger partial charge in [-0.1, -0.05) is 24.1 Å². The number of hydrogen-bond donors (Lipinski definition) is 1. The Kier molecular flexibility index (Phi) is 2.26. The zero-order valence-electron chi connectivity index (χ0n) is 7.77. The number of fused-ring (bicyclic) bond motifs is 1. The van der Waals surface area contributed by atoms with Crippen LogP contribution in [0.15, 0.2) is 30.5 Å². The first-order chi connectivity index (χ1) is 6.86. The van der Waals surface area contributed by atoms with Crippen molar-refractivity contribution in [3.05, 3.63) is 36.0 Å². The number of nitrogens with zero attached hydrogens (tertiary/aromatic N) is 1. The molecule has 1 heterocycles. The molecule has 0 saturated carbocycles. The van der Waals surface area contributed by atoms with Crippen LogP contribution in [0.5, 0.6) is 0 Å². The Bertz CT molecular complexity index is 490. The molecule has 0 aliphatic rings. The van der Waals surface area contributed by atoms with Crippen molar-refractivity contribution in [3.8, 4) is 12.3 Å². The van der Waals surface area contributed by atoms with Gasteiger partial charge in [-0.25, -0.2) is 0 Å². The normalized spacial score (nSPS) is 10.3. The minimum absolute atomic E-state index is 0.0475. The smallest absolute Gasteiger partial charge is 0.0835 e. The Morgan fingerprint density at radius 1 is 1.36 bits per heavy atom. The SMILES string of the molecule is C#CCn1ccc2cccc(CO)c21. The maximum Gasteiger partial charge on any atom is 0.0835 e. The van der Waals surface area contributed by atoms with Gasteiger partial charge in [-0.15, -0.1) is 6.42 Å². The molecule has 0 radical (unpaired) electrons. The summed E-state index contributed by atoms with van der Waals surface area (Å²) in [6.07, 6.45) is 7.22. The summed E-state index contributed by atoms with van der Waals surface area (Å²) in [5, 5.41) is 10.3. The van der Waals surface area contributed by atoms with E-state index in [9.17, 15) is 5.11 Å². The van der Waals surface area contributed by atoms with Crippen molar-refractivity contribution >= 4 is 10.9 Å². The van der Waals surface area contributed by atoms with Crippen molar-refractivity contribution in [2.45, 2.75) is 13.2 Å². The average molecular weight is 185 g/mol. The summed E-state index contributed by atoms with van der Waals surface area (Å²) in [5.74, 6) is 2.59. The monoisotopic (exact) mass is 185 g/mol. The lowest BCUT2D eigenvalue weighted by molar-refractivity contribution is 0.283. The molecule has 70 valence electrons. The molecule has 1 N–H and O–H groups in total. The van der Waals surface area contributed by atoms with Crippen molar-refractivity contribution in [2.24, 2.45) is 0 Å². The lowest BCUT2D eigenvalue weighted by atomic mass is 10.1. The molecule has 0 aliphatic heterocycles. The van der Waals surface area contributed by atoms with Gasteiger partial charge in [0.2, 0.25) is 0 Å². The Balaban J connectivity index is 2.69. The van der Waals surface area contributed by atoms with E-state index in [1.54, 1.807) is 0 Å². The number of hydrogen-bond acceptors (Lipinski definition) is 1. The average Bonchev–Trinajstić information content (AvgIpc) is 2.62. The molecule has 0 saturated heterocycles. The van der Waals surface area contributed by atoms with E-state index in [2.05, 4.69) is 5.92 Å². The minimum Gasteiger partial charge on any atom is -0.392 e. The van der Waals surface area contributed by atoms with Gasteiger partial charge < -0.3 is 9.67 Å². The van der Waals surface area contributed by atoms with Crippen LogP contribution < -0.4 is 0 Å². The quantitative estimate of drug-likeness (QED) is 0.709. The summed E-state index contributed by atoms with van der Waals surface area (Å²) < 4.78 is 1.97. The highest BCUT2D eigenvalue weighted by Crippen LogP contribution is 2.20. The first-order valence-electron chi connectivity index (χ1n) is 4.48. The predicted octanol–water partition coefficient (Wildman–Crippen LogP) is 1.77. The summed E-state index contributed by atoms with van der Waals surface area (Å²) in [7, 11) is 0. The van der Waals surface area contributed by atoms with Gasteiger partial charge in [-0.3, -0.25) is 0 Å². The summed E-state index contributed by atoms with van der Waals surface area (Å²) >= 11 is 0. The molecule has 2 aromatic rings. The molecule has 2 rings (SSSR count). The molecule has 1 aromatic heterocycles. The number of para-hydroxylation sites is 1. The van der Waals surface area contributed by atoms with E-state index >= 15 is 0 Å². The highest BCUT2D eigenvalue weighted by molar-refractivity contribution is 5.83. The van der Waals surface area contributed by atoms with Gasteiger partial charge in [0.1, 0.15) is 0 Å². The van der Waals surface area contributed by atoms with Crippen molar-refractivity contribution < 1.29 is 5.11 Å². The molecule has 0 fully saturated rings. The van der Waals surface area contributed by atoms with Gasteiger partial charge >= 0.3 is 0 Å². The van der Waals surface area contributed by atoms with Gasteiger partial charge in [0.25, 0.3) is 0 Å². The number of aliphatic hydroxyl groups excluding tert-OH is 1. The van der Waals surface area contributed by atoms with Gasteiger partial charge in [0.05, 0.1) is 18.7 Å². The fraction of sp³-hybridized carbons (Fsp3) is 0.167. The first kappa shape index (κ1) is 8.86. The van der Waals surface area contributed by atoms with Crippen molar-refractivity contribution in [1.82, 2.24) is 4.57 Å². The number of terminal acetylenes is 1. The fourth-order valence-corrected chi connectivity index (χ4v) is 1.70. The van der Waals surface area contributed by atoms with Crippen LogP contribution in [0.3, 0.4) is 0 Å². The van der Waals surface area contributed by atoms with Crippen LogP contribution in [-0.2, 0) is 13.2 Å². The highest BCUT2D eigenvalue weighted by atomic mass is 16.3. The summed E-state index contributed by atoms with van der Waals surface area (Å²) in [4.78, 5) is 0. The zero-order valence-corrected chi connectivity index (χ0v) is 7.77. The largest absolute Gasteiger partial charge is 0.392 e. The second-order valence-corrected chi connectivity index (χ2v) is 3.16. The molecule has 0 unspecified atom stereocenters. The van der Waals surface area contributed by atoms with Crippen molar-refractivity contribution in [3.63, 3.8) is 0 Å². The topological polar surface area (TPSA) is 25.2 Å². The zero-order chi connectivity index (χ0) is 9.97. The predicted molar refractivity (Wildman–Crippen MR) is 56.7 cm³/mol. The lowest BCUT2D eigenvalue weighted by Crippen LogP contribution is -1.96. The second-order valence-electron chi connectivity index (χ2n) is 3.16. The first-order valence-corrected chi connectivity index (χ1v) is 4.48. The number of benzene rings is 1. The van der Waals surface area contributed by atoms with Crippen LogP contribution in [0.25, 0.3) is 10.9 Å². The third kappa shape index (κ3) is 1.28. The van der Waals surface area contributed by atoms with E-state index in [-0.39, 0.29) is 6.61 Å². The van der Waals surface area contributed by atoms with Gasteiger partial charge in [0, 0.05) is 11.8 Å². The number of aliphatic hydroxyl groups is 1. The number of aromatic nitrogens is 1. The molecule has 2 nitrogen and oxygen atoms in total. The third-order valence-corrected chi connectivity index (χ3v) is 2.30. The molecule has 0 atom stereocenters. The molecule has 2 heteroatoms. The molecular weight excluding hydrogens is 174 g/mol. The van der Waals surface area contributed by atoms with Crippen LogP contribution in [0, 0.1) is 12.3 Å². The second kappa shape index (κ2) is 3.57. The van der Waals surface area contributed by atoms with E-state index in [1.165, 1.54) is 0 Å². The summed E-state index contributed by atoms with van der Waals surface area (Å²) in [6.45, 7) is 0.590. The van der Waals surface area contributed by atoms with Crippen molar-refractivity contribution in [2.75, 3.05) is 0 Å². The lowest BCUT2D eigenvalue weighted by Gasteiger charge is -2.04. The van der Waals surface area contributed by atoms with Crippen LogP contribution in [0.4, 0.5) is 0 Å². The van der Waals surface area contributed by atoms with Crippen molar-refractivity contribution in [1.29, 1.82) is 0 Å². The van der Waals surface area contributed by atoms with Crippen LogP contribution >= 0.6 is 0 Å². The molecule has 14 heavy (non-hydrogen) atoms. The number of rotatable bonds is 2. The molecular formula is C12H11NO. The third-order valence-electron chi connectivity index (χ3n) is 2.30. The maximum absolute atomic E-state index is 9.18. The van der Waals surface area contributed by atoms with Gasteiger partial charge in [-0.2, -0.15) is 0 Å².